The Bertz CT molecular complexity index is 946. The van der Waals surface area contributed by atoms with Gasteiger partial charge in [-0.05, 0) is 23.8 Å². The number of benzene rings is 1. The molecular formula is C18H21N5O3S. The van der Waals surface area contributed by atoms with Gasteiger partial charge in [-0.3, -0.25) is 4.90 Å². The van der Waals surface area contributed by atoms with Gasteiger partial charge in [-0.1, -0.05) is 23.5 Å². The van der Waals surface area contributed by atoms with Crippen molar-refractivity contribution in [3.8, 4) is 11.5 Å². The Morgan fingerprint density at radius 2 is 1.93 bits per heavy atom. The molecule has 1 fully saturated rings. The van der Waals surface area contributed by atoms with Gasteiger partial charge >= 0.3 is 0 Å². The minimum Gasteiger partial charge on any atom is -0.493 e. The standard InChI is InChI=1S/C18H21N5O3S/c1-24-14-5-3-13(11-15(14)25-2)4-6-17-21-23-16(19-20-18(23)27-17)12-22-7-9-26-10-8-22/h3-6,11H,7-10,12H2,1-2H3. The number of morpholine rings is 1. The Hall–Kier alpha value is -2.49. The van der Waals surface area contributed by atoms with Crippen LogP contribution in [0.3, 0.4) is 0 Å². The molecule has 0 atom stereocenters. The zero-order chi connectivity index (χ0) is 18.6. The van der Waals surface area contributed by atoms with Gasteiger partial charge < -0.3 is 14.2 Å². The molecule has 27 heavy (non-hydrogen) atoms. The fourth-order valence-electron chi connectivity index (χ4n) is 2.92. The van der Waals surface area contributed by atoms with E-state index in [2.05, 4.69) is 20.2 Å². The van der Waals surface area contributed by atoms with Gasteiger partial charge in [0.2, 0.25) is 4.96 Å². The Morgan fingerprint density at radius 1 is 1.11 bits per heavy atom. The van der Waals surface area contributed by atoms with E-state index in [0.29, 0.717) is 11.5 Å². The summed E-state index contributed by atoms with van der Waals surface area (Å²) in [5, 5.41) is 14.0. The van der Waals surface area contributed by atoms with E-state index in [9.17, 15) is 0 Å². The predicted molar refractivity (Wildman–Crippen MR) is 103 cm³/mol. The van der Waals surface area contributed by atoms with Crippen LogP contribution in [-0.2, 0) is 11.3 Å². The first-order valence-electron chi connectivity index (χ1n) is 8.68. The number of nitrogens with zero attached hydrogens (tertiary/aromatic N) is 5. The Labute approximate surface area is 161 Å². The topological polar surface area (TPSA) is 74.0 Å². The van der Waals surface area contributed by atoms with Crippen LogP contribution in [0.2, 0.25) is 0 Å². The second kappa shape index (κ2) is 8.03. The lowest BCUT2D eigenvalue weighted by atomic mass is 10.2. The molecular weight excluding hydrogens is 366 g/mol. The van der Waals surface area contributed by atoms with Crippen LogP contribution >= 0.6 is 11.3 Å². The molecule has 9 heteroatoms. The highest BCUT2D eigenvalue weighted by molar-refractivity contribution is 7.17. The molecule has 1 aromatic carbocycles. The lowest BCUT2D eigenvalue weighted by Crippen LogP contribution is -2.36. The van der Waals surface area contributed by atoms with Crippen molar-refractivity contribution in [2.75, 3.05) is 40.5 Å². The maximum absolute atomic E-state index is 5.39. The number of ether oxygens (including phenoxy) is 3. The summed E-state index contributed by atoms with van der Waals surface area (Å²) in [5.41, 5.74) is 1.01. The molecule has 0 N–H and O–H groups in total. The van der Waals surface area contributed by atoms with Gasteiger partial charge in [0.05, 0.1) is 34.0 Å². The van der Waals surface area contributed by atoms with E-state index in [1.165, 1.54) is 11.3 Å². The highest BCUT2D eigenvalue weighted by Crippen LogP contribution is 2.28. The molecule has 0 saturated carbocycles. The molecule has 1 aliphatic rings. The summed E-state index contributed by atoms with van der Waals surface area (Å²) in [4.78, 5) is 3.10. The van der Waals surface area contributed by atoms with Crippen molar-refractivity contribution in [3.63, 3.8) is 0 Å². The van der Waals surface area contributed by atoms with Gasteiger partial charge in [0.1, 0.15) is 5.01 Å². The van der Waals surface area contributed by atoms with Crippen LogP contribution in [0, 0.1) is 0 Å². The molecule has 0 amide bonds. The number of rotatable bonds is 6. The highest BCUT2D eigenvalue weighted by atomic mass is 32.1. The van der Waals surface area contributed by atoms with Crippen molar-refractivity contribution >= 4 is 28.4 Å². The van der Waals surface area contributed by atoms with E-state index < -0.39 is 0 Å². The van der Waals surface area contributed by atoms with Gasteiger partial charge in [-0.15, -0.1) is 10.2 Å². The number of methoxy groups -OCH3 is 2. The quantitative estimate of drug-likeness (QED) is 0.642. The van der Waals surface area contributed by atoms with Crippen LogP contribution < -0.4 is 9.47 Å². The summed E-state index contributed by atoms with van der Waals surface area (Å²) in [5.74, 6) is 2.26. The summed E-state index contributed by atoms with van der Waals surface area (Å²) in [6.45, 7) is 4.07. The van der Waals surface area contributed by atoms with Gasteiger partial charge in [0.25, 0.3) is 0 Å². The average molecular weight is 387 g/mol. The summed E-state index contributed by atoms with van der Waals surface area (Å²) >= 11 is 1.51. The van der Waals surface area contributed by atoms with Gasteiger partial charge in [-0.25, -0.2) is 0 Å². The first kappa shape index (κ1) is 17.9. The van der Waals surface area contributed by atoms with E-state index in [1.54, 1.807) is 14.2 Å². The number of hydrogen-bond acceptors (Lipinski definition) is 8. The van der Waals surface area contributed by atoms with Crippen molar-refractivity contribution in [1.29, 1.82) is 0 Å². The summed E-state index contributed by atoms with van der Waals surface area (Å²) in [7, 11) is 3.26. The first-order chi connectivity index (χ1) is 13.3. The molecule has 0 aliphatic carbocycles. The summed E-state index contributed by atoms with van der Waals surface area (Å²) in [6, 6.07) is 5.79. The maximum atomic E-state index is 5.39. The second-order valence-electron chi connectivity index (χ2n) is 6.09. The summed E-state index contributed by atoms with van der Waals surface area (Å²) < 4.78 is 17.8. The molecule has 8 nitrogen and oxygen atoms in total. The Kier molecular flexibility index (Phi) is 5.33. The summed E-state index contributed by atoms with van der Waals surface area (Å²) in [6.07, 6.45) is 3.97. The predicted octanol–water partition coefficient (Wildman–Crippen LogP) is 2.21. The highest BCUT2D eigenvalue weighted by Gasteiger charge is 2.16. The lowest BCUT2D eigenvalue weighted by Gasteiger charge is -2.25. The van der Waals surface area contributed by atoms with Crippen molar-refractivity contribution < 1.29 is 14.2 Å². The zero-order valence-corrected chi connectivity index (χ0v) is 16.1. The Balaban J connectivity index is 1.51. The molecule has 0 radical (unpaired) electrons. The maximum Gasteiger partial charge on any atom is 0.235 e. The van der Waals surface area contributed by atoms with Crippen LogP contribution in [-0.4, -0.2) is 65.2 Å². The van der Waals surface area contributed by atoms with Gasteiger partial charge in [0.15, 0.2) is 17.3 Å². The normalized spacial score (nSPS) is 15.6. The molecule has 2 aromatic heterocycles. The van der Waals surface area contributed by atoms with E-state index in [-0.39, 0.29) is 0 Å². The van der Waals surface area contributed by atoms with Crippen molar-refractivity contribution in [3.05, 3.63) is 34.6 Å². The first-order valence-corrected chi connectivity index (χ1v) is 9.50. The van der Waals surface area contributed by atoms with Crippen LogP contribution in [0.5, 0.6) is 11.5 Å². The van der Waals surface area contributed by atoms with Gasteiger partial charge in [-0.2, -0.15) is 9.61 Å². The van der Waals surface area contributed by atoms with Crippen LogP contribution in [0.4, 0.5) is 0 Å². The second-order valence-corrected chi connectivity index (χ2v) is 7.07. The SMILES string of the molecule is COc1ccc(C=Cc2nn3c(CN4CCOCC4)nnc3s2)cc1OC. The van der Waals surface area contributed by atoms with Crippen molar-refractivity contribution in [2.24, 2.45) is 0 Å². The third kappa shape index (κ3) is 3.95. The minimum absolute atomic E-state index is 0.700. The smallest absolute Gasteiger partial charge is 0.235 e. The zero-order valence-electron chi connectivity index (χ0n) is 15.3. The van der Waals surface area contributed by atoms with Crippen LogP contribution in [0.1, 0.15) is 16.4 Å². The molecule has 3 heterocycles. The molecule has 1 saturated heterocycles. The average Bonchev–Trinajstić information content (AvgIpc) is 3.28. The van der Waals surface area contributed by atoms with Gasteiger partial charge in [0, 0.05) is 13.1 Å². The van der Waals surface area contributed by atoms with E-state index >= 15 is 0 Å². The van der Waals surface area contributed by atoms with Crippen molar-refractivity contribution in [2.45, 2.75) is 6.54 Å². The largest absolute Gasteiger partial charge is 0.493 e. The molecule has 0 bridgehead atoms. The van der Waals surface area contributed by atoms with Crippen LogP contribution in [0.15, 0.2) is 18.2 Å². The minimum atomic E-state index is 0.700. The molecule has 3 aromatic rings. The lowest BCUT2D eigenvalue weighted by molar-refractivity contribution is 0.0328. The molecule has 0 spiro atoms. The van der Waals surface area contributed by atoms with E-state index in [1.807, 2.05) is 34.9 Å². The third-order valence-electron chi connectivity index (χ3n) is 4.37. The molecule has 4 rings (SSSR count). The van der Waals surface area contributed by atoms with Crippen molar-refractivity contribution in [1.82, 2.24) is 24.7 Å². The third-order valence-corrected chi connectivity index (χ3v) is 5.23. The van der Waals surface area contributed by atoms with E-state index in [0.717, 1.165) is 54.2 Å². The van der Waals surface area contributed by atoms with Crippen LogP contribution in [0.25, 0.3) is 17.1 Å². The monoisotopic (exact) mass is 387 g/mol. The van der Waals surface area contributed by atoms with E-state index in [4.69, 9.17) is 14.2 Å². The fraction of sp³-hybridized carbons (Fsp3) is 0.389. The number of fused-ring (bicyclic) bond motifs is 1. The fourth-order valence-corrected chi connectivity index (χ4v) is 3.68. The Morgan fingerprint density at radius 3 is 2.70 bits per heavy atom. The molecule has 142 valence electrons. The number of hydrogen-bond donors (Lipinski definition) is 0. The number of aromatic nitrogens is 4. The molecule has 0 unspecified atom stereocenters. The molecule has 1 aliphatic heterocycles.